The number of benzene rings is 1. The molecule has 100 valence electrons. The Labute approximate surface area is 111 Å². The summed E-state index contributed by atoms with van der Waals surface area (Å²) in [7, 11) is 1.78. The van der Waals surface area contributed by atoms with Crippen LogP contribution in [0.15, 0.2) is 18.2 Å². The molecular weight excluding hydrogens is 258 g/mol. The molecule has 0 atom stereocenters. The van der Waals surface area contributed by atoms with E-state index in [9.17, 15) is 14.9 Å². The number of nitro groups is 1. The van der Waals surface area contributed by atoms with E-state index in [1.165, 1.54) is 12.1 Å². The maximum Gasteiger partial charge on any atom is 0.270 e. The highest BCUT2D eigenvalue weighted by Gasteiger charge is 2.12. The predicted octanol–water partition coefficient (Wildman–Crippen LogP) is 1.27. The van der Waals surface area contributed by atoms with Gasteiger partial charge >= 0.3 is 0 Å². The van der Waals surface area contributed by atoms with Crippen LogP contribution in [-0.2, 0) is 0 Å². The zero-order valence-corrected chi connectivity index (χ0v) is 11.0. The Hall–Kier alpha value is -1.66. The number of aryl methyl sites for hydroxylation is 1. The molecule has 0 saturated carbocycles. The first-order chi connectivity index (χ1) is 8.04. The fourth-order valence-electron chi connectivity index (χ4n) is 1.40. The van der Waals surface area contributed by atoms with Gasteiger partial charge in [-0.05, 0) is 25.6 Å². The number of carbonyl (C=O) groups excluding carboxylic acids is 1. The number of likely N-dealkylation sites (N-methyl/N-ethyl adjacent to an activating group) is 1. The molecule has 0 saturated heterocycles. The van der Waals surface area contributed by atoms with Gasteiger partial charge < -0.3 is 10.6 Å². The largest absolute Gasteiger partial charge is 0.351 e. The number of amides is 1. The average Bonchev–Trinajstić information content (AvgIpc) is 2.28. The van der Waals surface area contributed by atoms with Gasteiger partial charge in [-0.3, -0.25) is 14.9 Å². The summed E-state index contributed by atoms with van der Waals surface area (Å²) in [5, 5.41) is 16.2. The highest BCUT2D eigenvalue weighted by molar-refractivity contribution is 5.95. The maximum atomic E-state index is 11.7. The van der Waals surface area contributed by atoms with Gasteiger partial charge in [-0.1, -0.05) is 0 Å². The predicted molar refractivity (Wildman–Crippen MR) is 71.3 cm³/mol. The summed E-state index contributed by atoms with van der Waals surface area (Å²) in [4.78, 5) is 21.8. The number of nitrogens with zero attached hydrogens (tertiary/aromatic N) is 1. The van der Waals surface area contributed by atoms with Crippen LogP contribution < -0.4 is 10.6 Å². The van der Waals surface area contributed by atoms with Crippen molar-refractivity contribution in [3.05, 3.63) is 39.4 Å². The van der Waals surface area contributed by atoms with Gasteiger partial charge in [0, 0.05) is 30.8 Å². The molecule has 0 aliphatic carbocycles. The fourth-order valence-corrected chi connectivity index (χ4v) is 1.40. The molecule has 6 nitrogen and oxygen atoms in total. The second-order valence-electron chi connectivity index (χ2n) is 3.67. The molecule has 0 aliphatic rings. The molecule has 0 radical (unpaired) electrons. The quantitative estimate of drug-likeness (QED) is 0.481. The second-order valence-corrected chi connectivity index (χ2v) is 3.67. The Kier molecular flexibility index (Phi) is 6.92. The number of non-ortho nitro benzene ring substituents is 1. The van der Waals surface area contributed by atoms with Crippen LogP contribution in [0, 0.1) is 17.0 Å². The molecule has 1 rings (SSSR count). The van der Waals surface area contributed by atoms with Crippen molar-refractivity contribution in [3.8, 4) is 0 Å². The summed E-state index contributed by atoms with van der Waals surface area (Å²) in [6.45, 7) is 2.86. The van der Waals surface area contributed by atoms with Crippen LogP contribution in [0.3, 0.4) is 0 Å². The van der Waals surface area contributed by atoms with Crippen LogP contribution in [0.25, 0.3) is 0 Å². The van der Waals surface area contributed by atoms with Crippen LogP contribution in [0.4, 0.5) is 5.69 Å². The zero-order chi connectivity index (χ0) is 12.8. The molecule has 0 fully saturated rings. The summed E-state index contributed by atoms with van der Waals surface area (Å²) in [6.07, 6.45) is 0. The fraction of sp³-hybridized carbons (Fsp3) is 0.364. The van der Waals surface area contributed by atoms with Crippen LogP contribution in [0.5, 0.6) is 0 Å². The number of nitro benzene ring substituents is 1. The Morgan fingerprint density at radius 1 is 1.33 bits per heavy atom. The summed E-state index contributed by atoms with van der Waals surface area (Å²) < 4.78 is 0. The van der Waals surface area contributed by atoms with Crippen molar-refractivity contribution in [2.45, 2.75) is 6.92 Å². The summed E-state index contributed by atoms with van der Waals surface area (Å²) >= 11 is 0. The number of hydrogen-bond acceptors (Lipinski definition) is 4. The van der Waals surface area contributed by atoms with Gasteiger partial charge in [0.05, 0.1) is 4.92 Å². The molecule has 7 heteroatoms. The second kappa shape index (κ2) is 7.62. The molecule has 1 amide bonds. The molecule has 2 N–H and O–H groups in total. The number of halogens is 1. The molecular formula is C11H16ClN3O3. The van der Waals surface area contributed by atoms with Crippen molar-refractivity contribution < 1.29 is 9.72 Å². The van der Waals surface area contributed by atoms with Crippen molar-refractivity contribution >= 4 is 24.0 Å². The molecule has 1 aromatic rings. The normalized spacial score (nSPS) is 9.44. The van der Waals surface area contributed by atoms with E-state index in [0.717, 1.165) is 0 Å². The van der Waals surface area contributed by atoms with Crippen LogP contribution in [-0.4, -0.2) is 31.0 Å². The Morgan fingerprint density at radius 3 is 2.56 bits per heavy atom. The first kappa shape index (κ1) is 16.3. The number of rotatable bonds is 5. The summed E-state index contributed by atoms with van der Waals surface area (Å²) in [5.74, 6) is -0.299. The first-order valence-electron chi connectivity index (χ1n) is 5.23. The minimum atomic E-state index is -0.503. The Bertz CT molecular complexity index is 438. The highest BCUT2D eigenvalue weighted by Crippen LogP contribution is 2.16. The van der Waals surface area contributed by atoms with E-state index in [1.807, 2.05) is 0 Å². The van der Waals surface area contributed by atoms with E-state index in [1.54, 1.807) is 20.0 Å². The van der Waals surface area contributed by atoms with Gasteiger partial charge in [-0.2, -0.15) is 0 Å². The third-order valence-electron chi connectivity index (χ3n) is 2.20. The van der Waals surface area contributed by atoms with Crippen molar-refractivity contribution in [1.29, 1.82) is 0 Å². The zero-order valence-electron chi connectivity index (χ0n) is 10.2. The van der Waals surface area contributed by atoms with E-state index in [2.05, 4.69) is 10.6 Å². The summed E-state index contributed by atoms with van der Waals surface area (Å²) in [5.41, 5.74) is 0.939. The lowest BCUT2D eigenvalue weighted by atomic mass is 10.1. The van der Waals surface area contributed by atoms with E-state index >= 15 is 0 Å². The molecule has 0 bridgehead atoms. The van der Waals surface area contributed by atoms with Gasteiger partial charge in [-0.25, -0.2) is 0 Å². The summed E-state index contributed by atoms with van der Waals surface area (Å²) in [6, 6.07) is 4.34. The minimum Gasteiger partial charge on any atom is -0.351 e. The van der Waals surface area contributed by atoms with Gasteiger partial charge in [0.25, 0.3) is 11.6 Å². The third-order valence-corrected chi connectivity index (χ3v) is 2.20. The number of hydrogen-bond donors (Lipinski definition) is 2. The van der Waals surface area contributed by atoms with Crippen LogP contribution in [0.2, 0.25) is 0 Å². The van der Waals surface area contributed by atoms with Crippen molar-refractivity contribution in [2.75, 3.05) is 20.1 Å². The lowest BCUT2D eigenvalue weighted by molar-refractivity contribution is -0.384. The number of carbonyl (C=O) groups is 1. The van der Waals surface area contributed by atoms with Crippen LogP contribution in [0.1, 0.15) is 15.9 Å². The number of nitrogens with one attached hydrogen (secondary N) is 2. The van der Waals surface area contributed by atoms with Gasteiger partial charge in [0.15, 0.2) is 0 Å². The van der Waals surface area contributed by atoms with E-state index in [4.69, 9.17) is 0 Å². The van der Waals surface area contributed by atoms with Crippen molar-refractivity contribution in [1.82, 2.24) is 10.6 Å². The smallest absolute Gasteiger partial charge is 0.270 e. The van der Waals surface area contributed by atoms with Gasteiger partial charge in [0.1, 0.15) is 0 Å². The monoisotopic (exact) mass is 273 g/mol. The maximum absolute atomic E-state index is 11.7. The van der Waals surface area contributed by atoms with E-state index in [-0.39, 0.29) is 24.0 Å². The van der Waals surface area contributed by atoms with E-state index < -0.39 is 4.92 Å². The standard InChI is InChI=1S/C11H15N3O3.ClH/c1-8-5-9(7-10(6-8)14(16)17)11(15)13-4-3-12-2;/h5-7,12H,3-4H2,1-2H3,(H,13,15);1H. The third kappa shape index (κ3) is 4.68. The first-order valence-corrected chi connectivity index (χ1v) is 5.23. The molecule has 18 heavy (non-hydrogen) atoms. The molecule has 0 unspecified atom stereocenters. The molecule has 1 aromatic carbocycles. The average molecular weight is 274 g/mol. The highest BCUT2D eigenvalue weighted by atomic mass is 35.5. The molecule has 0 spiro atoms. The molecule has 0 aromatic heterocycles. The topological polar surface area (TPSA) is 84.3 Å². The molecule has 0 aliphatic heterocycles. The van der Waals surface area contributed by atoms with Crippen LogP contribution >= 0.6 is 12.4 Å². The Balaban J connectivity index is 0.00000289. The van der Waals surface area contributed by atoms with Gasteiger partial charge in [-0.15, -0.1) is 12.4 Å². The van der Waals surface area contributed by atoms with Gasteiger partial charge in [0.2, 0.25) is 0 Å². The SMILES string of the molecule is CNCCNC(=O)c1cc(C)cc([N+](=O)[O-])c1.Cl. The van der Waals surface area contributed by atoms with Crippen molar-refractivity contribution in [3.63, 3.8) is 0 Å². The lowest BCUT2D eigenvalue weighted by Gasteiger charge is -2.05. The van der Waals surface area contributed by atoms with Crippen molar-refractivity contribution in [2.24, 2.45) is 0 Å². The lowest BCUT2D eigenvalue weighted by Crippen LogP contribution is -2.30. The molecule has 0 heterocycles. The van der Waals surface area contributed by atoms with E-state index in [0.29, 0.717) is 24.2 Å². The Morgan fingerprint density at radius 2 is 2.00 bits per heavy atom. The minimum absolute atomic E-state index is 0.